The maximum absolute atomic E-state index is 13.8. The van der Waals surface area contributed by atoms with Crippen molar-refractivity contribution in [2.24, 2.45) is 0 Å². The second-order valence-electron chi connectivity index (χ2n) is 4.18. The zero-order valence-electron chi connectivity index (χ0n) is 10.6. The molecule has 2 rings (SSSR count). The van der Waals surface area contributed by atoms with Crippen LogP contribution in [0.4, 0.5) is 4.39 Å². The molecule has 0 aliphatic rings. The molecule has 0 aliphatic heterocycles. The van der Waals surface area contributed by atoms with E-state index in [-0.39, 0.29) is 18.2 Å². The summed E-state index contributed by atoms with van der Waals surface area (Å²) in [4.78, 5) is 0. The maximum atomic E-state index is 13.8. The van der Waals surface area contributed by atoms with Crippen molar-refractivity contribution in [3.05, 3.63) is 64.4 Å². The maximum Gasteiger partial charge on any atom is 0.165 e. The molecule has 0 aliphatic carbocycles. The molecule has 0 unspecified atom stereocenters. The topological polar surface area (TPSA) is 21.3 Å². The van der Waals surface area contributed by atoms with Crippen LogP contribution in [0.25, 0.3) is 0 Å². The van der Waals surface area contributed by atoms with Gasteiger partial charge in [0.2, 0.25) is 0 Å². The Labute approximate surface area is 117 Å². The van der Waals surface area contributed by atoms with Crippen molar-refractivity contribution in [2.45, 2.75) is 13.2 Å². The first kappa shape index (κ1) is 13.8. The van der Waals surface area contributed by atoms with Crippen molar-refractivity contribution < 1.29 is 9.13 Å². The lowest BCUT2D eigenvalue weighted by atomic mass is 10.2. The Hall–Kier alpha value is -1.58. The zero-order chi connectivity index (χ0) is 13.7. The fourth-order valence-corrected chi connectivity index (χ4v) is 2.04. The summed E-state index contributed by atoms with van der Waals surface area (Å²) >= 11 is 5.90. The Morgan fingerprint density at radius 3 is 2.74 bits per heavy atom. The van der Waals surface area contributed by atoms with Crippen molar-refractivity contribution in [2.75, 3.05) is 7.05 Å². The molecule has 0 heterocycles. The monoisotopic (exact) mass is 279 g/mol. The first-order valence-corrected chi connectivity index (χ1v) is 6.37. The number of para-hydroxylation sites is 1. The summed E-state index contributed by atoms with van der Waals surface area (Å²) in [5, 5.41) is 3.63. The third kappa shape index (κ3) is 3.69. The third-order valence-corrected chi connectivity index (χ3v) is 2.92. The van der Waals surface area contributed by atoms with Gasteiger partial charge in [0.05, 0.1) is 0 Å². The van der Waals surface area contributed by atoms with E-state index in [4.69, 9.17) is 16.3 Å². The molecular weight excluding hydrogens is 265 g/mol. The highest BCUT2D eigenvalue weighted by atomic mass is 35.5. The molecule has 2 aromatic rings. The van der Waals surface area contributed by atoms with E-state index in [0.717, 1.165) is 11.1 Å². The fourth-order valence-electron chi connectivity index (χ4n) is 1.83. The van der Waals surface area contributed by atoms with Gasteiger partial charge in [0.15, 0.2) is 11.6 Å². The van der Waals surface area contributed by atoms with Gasteiger partial charge >= 0.3 is 0 Å². The van der Waals surface area contributed by atoms with Gasteiger partial charge in [-0.2, -0.15) is 0 Å². The van der Waals surface area contributed by atoms with Gasteiger partial charge in [-0.05, 0) is 30.8 Å². The summed E-state index contributed by atoms with van der Waals surface area (Å²) in [6.07, 6.45) is 0. The first-order valence-electron chi connectivity index (χ1n) is 6.00. The molecule has 0 fully saturated rings. The first-order chi connectivity index (χ1) is 9.20. The minimum absolute atomic E-state index is 0.289. The van der Waals surface area contributed by atoms with Gasteiger partial charge in [-0.25, -0.2) is 4.39 Å². The standard InChI is InChI=1S/C15H15ClFNO/c1-18-9-12-5-3-7-14(17)15(12)19-10-11-4-2-6-13(16)8-11/h2-8,18H,9-10H2,1H3. The SMILES string of the molecule is CNCc1cccc(F)c1OCc1cccc(Cl)c1. The summed E-state index contributed by atoms with van der Waals surface area (Å²) in [7, 11) is 1.81. The van der Waals surface area contributed by atoms with Crippen LogP contribution < -0.4 is 10.1 Å². The van der Waals surface area contributed by atoms with Gasteiger partial charge < -0.3 is 10.1 Å². The summed E-state index contributed by atoms with van der Waals surface area (Å²) in [6.45, 7) is 0.848. The van der Waals surface area contributed by atoms with Crippen molar-refractivity contribution in [1.82, 2.24) is 5.32 Å². The zero-order valence-corrected chi connectivity index (χ0v) is 11.4. The van der Waals surface area contributed by atoms with Crippen molar-refractivity contribution >= 4 is 11.6 Å². The molecule has 0 bridgehead atoms. The lowest BCUT2D eigenvalue weighted by molar-refractivity contribution is 0.286. The minimum Gasteiger partial charge on any atom is -0.485 e. The van der Waals surface area contributed by atoms with Gasteiger partial charge in [0, 0.05) is 17.1 Å². The van der Waals surface area contributed by atoms with Crippen LogP contribution in [0.1, 0.15) is 11.1 Å². The van der Waals surface area contributed by atoms with Gasteiger partial charge in [-0.15, -0.1) is 0 Å². The van der Waals surface area contributed by atoms with Crippen LogP contribution in [0.5, 0.6) is 5.75 Å². The highest BCUT2D eigenvalue weighted by molar-refractivity contribution is 6.30. The van der Waals surface area contributed by atoms with E-state index >= 15 is 0 Å². The molecule has 100 valence electrons. The number of rotatable bonds is 5. The summed E-state index contributed by atoms with van der Waals surface area (Å²) in [5.41, 5.74) is 1.70. The van der Waals surface area contributed by atoms with Crippen molar-refractivity contribution in [1.29, 1.82) is 0 Å². The van der Waals surface area contributed by atoms with Crippen LogP contribution >= 0.6 is 11.6 Å². The van der Waals surface area contributed by atoms with Crippen LogP contribution in [-0.4, -0.2) is 7.05 Å². The van der Waals surface area contributed by atoms with Crippen LogP contribution in [-0.2, 0) is 13.2 Å². The van der Waals surface area contributed by atoms with E-state index in [0.29, 0.717) is 11.6 Å². The Kier molecular flexibility index (Phi) is 4.77. The van der Waals surface area contributed by atoms with E-state index < -0.39 is 0 Å². The van der Waals surface area contributed by atoms with Crippen LogP contribution in [0, 0.1) is 5.82 Å². The summed E-state index contributed by atoms with van der Waals surface area (Å²) < 4.78 is 19.4. The molecule has 1 N–H and O–H groups in total. The number of halogens is 2. The van der Waals surface area contributed by atoms with E-state index in [1.54, 1.807) is 18.2 Å². The van der Waals surface area contributed by atoms with Gasteiger partial charge in [-0.1, -0.05) is 35.9 Å². The minimum atomic E-state index is -0.352. The molecule has 19 heavy (non-hydrogen) atoms. The Balaban J connectivity index is 2.14. The molecule has 0 aromatic heterocycles. The number of ether oxygens (including phenoxy) is 1. The van der Waals surface area contributed by atoms with E-state index in [2.05, 4.69) is 5.32 Å². The van der Waals surface area contributed by atoms with Crippen LogP contribution in [0.2, 0.25) is 5.02 Å². The highest BCUT2D eigenvalue weighted by Crippen LogP contribution is 2.24. The molecular formula is C15H15ClFNO. The molecule has 0 amide bonds. The average molecular weight is 280 g/mol. The largest absolute Gasteiger partial charge is 0.485 e. The molecule has 0 saturated carbocycles. The molecule has 2 nitrogen and oxygen atoms in total. The molecule has 0 spiro atoms. The van der Waals surface area contributed by atoms with E-state index in [1.165, 1.54) is 6.07 Å². The van der Waals surface area contributed by atoms with Gasteiger partial charge in [0.1, 0.15) is 6.61 Å². The summed E-state index contributed by atoms with van der Waals surface area (Å²) in [6, 6.07) is 12.2. The number of hydrogen-bond donors (Lipinski definition) is 1. The second-order valence-corrected chi connectivity index (χ2v) is 4.61. The normalized spacial score (nSPS) is 10.5. The number of hydrogen-bond acceptors (Lipinski definition) is 2. The van der Waals surface area contributed by atoms with Gasteiger partial charge in [-0.3, -0.25) is 0 Å². The van der Waals surface area contributed by atoms with Crippen LogP contribution in [0.15, 0.2) is 42.5 Å². The average Bonchev–Trinajstić information content (AvgIpc) is 2.38. The predicted molar refractivity (Wildman–Crippen MR) is 74.9 cm³/mol. The third-order valence-electron chi connectivity index (χ3n) is 2.69. The fraction of sp³-hybridized carbons (Fsp3) is 0.200. The Bertz CT molecular complexity index is 560. The molecule has 0 saturated heterocycles. The van der Waals surface area contributed by atoms with Crippen LogP contribution in [0.3, 0.4) is 0 Å². The van der Waals surface area contributed by atoms with E-state index in [9.17, 15) is 4.39 Å². The Morgan fingerprint density at radius 2 is 2.00 bits per heavy atom. The lowest BCUT2D eigenvalue weighted by Crippen LogP contribution is -2.08. The quantitative estimate of drug-likeness (QED) is 0.899. The predicted octanol–water partition coefficient (Wildman–Crippen LogP) is 3.78. The molecule has 4 heteroatoms. The smallest absolute Gasteiger partial charge is 0.165 e. The van der Waals surface area contributed by atoms with Crippen molar-refractivity contribution in [3.63, 3.8) is 0 Å². The van der Waals surface area contributed by atoms with E-state index in [1.807, 2.05) is 25.2 Å². The molecule has 2 aromatic carbocycles. The molecule has 0 radical (unpaired) electrons. The van der Waals surface area contributed by atoms with Crippen molar-refractivity contribution in [3.8, 4) is 5.75 Å². The second kappa shape index (κ2) is 6.55. The lowest BCUT2D eigenvalue weighted by Gasteiger charge is -2.12. The Morgan fingerprint density at radius 1 is 1.21 bits per heavy atom. The highest BCUT2D eigenvalue weighted by Gasteiger charge is 2.09. The summed E-state index contributed by atoms with van der Waals surface area (Å²) in [5.74, 6) is -0.0633. The number of nitrogens with one attached hydrogen (secondary N) is 1. The molecule has 0 atom stereocenters. The number of benzene rings is 2. The van der Waals surface area contributed by atoms with Gasteiger partial charge in [0.25, 0.3) is 0 Å².